The SMILES string of the molecule is N#Cc1cc(COc2cccc(F)c2F)ccc1F. The molecule has 0 spiro atoms. The lowest BCUT2D eigenvalue weighted by Gasteiger charge is -2.08. The highest BCUT2D eigenvalue weighted by molar-refractivity contribution is 5.34. The first kappa shape index (κ1) is 13.0. The zero-order valence-corrected chi connectivity index (χ0v) is 9.66. The number of ether oxygens (including phenoxy) is 1. The molecule has 2 aromatic carbocycles. The van der Waals surface area contributed by atoms with Crippen LogP contribution in [0.25, 0.3) is 0 Å². The Kier molecular flexibility index (Phi) is 3.71. The summed E-state index contributed by atoms with van der Waals surface area (Å²) in [5.41, 5.74) is 0.363. The van der Waals surface area contributed by atoms with Crippen LogP contribution in [0, 0.1) is 28.8 Å². The molecule has 0 N–H and O–H groups in total. The number of nitriles is 1. The van der Waals surface area contributed by atoms with E-state index in [1.807, 2.05) is 0 Å². The fourth-order valence-electron chi connectivity index (χ4n) is 1.50. The second-order valence-corrected chi connectivity index (χ2v) is 3.77. The molecule has 0 radical (unpaired) electrons. The first-order valence-corrected chi connectivity index (χ1v) is 5.37. The normalized spacial score (nSPS) is 10.0. The molecular weight excluding hydrogens is 255 g/mol. The van der Waals surface area contributed by atoms with Gasteiger partial charge in [0.25, 0.3) is 0 Å². The summed E-state index contributed by atoms with van der Waals surface area (Å²) < 4.78 is 44.4. The summed E-state index contributed by atoms with van der Waals surface area (Å²) in [6.07, 6.45) is 0. The van der Waals surface area contributed by atoms with E-state index in [4.69, 9.17) is 10.00 Å². The van der Waals surface area contributed by atoms with Crippen molar-refractivity contribution in [3.63, 3.8) is 0 Å². The zero-order valence-electron chi connectivity index (χ0n) is 9.66. The molecule has 0 aliphatic heterocycles. The van der Waals surface area contributed by atoms with Crippen LogP contribution in [0.5, 0.6) is 5.75 Å². The van der Waals surface area contributed by atoms with Crippen LogP contribution in [-0.2, 0) is 6.61 Å². The van der Waals surface area contributed by atoms with Crippen LogP contribution in [0.1, 0.15) is 11.1 Å². The van der Waals surface area contributed by atoms with Crippen molar-refractivity contribution in [1.29, 1.82) is 5.26 Å². The molecule has 0 aliphatic carbocycles. The Morgan fingerprint density at radius 3 is 2.58 bits per heavy atom. The van der Waals surface area contributed by atoms with Crippen molar-refractivity contribution in [2.24, 2.45) is 0 Å². The van der Waals surface area contributed by atoms with Crippen LogP contribution < -0.4 is 4.74 Å². The molecule has 5 heteroatoms. The molecule has 2 aromatic rings. The van der Waals surface area contributed by atoms with Crippen molar-refractivity contribution in [3.8, 4) is 11.8 Å². The predicted octanol–water partition coefficient (Wildman–Crippen LogP) is 3.55. The largest absolute Gasteiger partial charge is 0.486 e. The highest BCUT2D eigenvalue weighted by atomic mass is 19.2. The minimum Gasteiger partial charge on any atom is -0.486 e. The van der Waals surface area contributed by atoms with Crippen molar-refractivity contribution in [1.82, 2.24) is 0 Å². The third-order valence-corrected chi connectivity index (χ3v) is 2.46. The summed E-state index contributed by atoms with van der Waals surface area (Å²) in [5, 5.41) is 8.67. The standard InChI is InChI=1S/C14H8F3NO/c15-11-5-4-9(6-10(11)7-18)8-19-13-3-1-2-12(16)14(13)17/h1-6H,8H2. The summed E-state index contributed by atoms with van der Waals surface area (Å²) in [7, 11) is 0. The Morgan fingerprint density at radius 1 is 1.05 bits per heavy atom. The molecule has 96 valence electrons. The topological polar surface area (TPSA) is 33.0 Å². The average Bonchev–Trinajstić information content (AvgIpc) is 2.42. The van der Waals surface area contributed by atoms with Crippen LogP contribution in [0.2, 0.25) is 0 Å². The number of hydrogen-bond acceptors (Lipinski definition) is 2. The monoisotopic (exact) mass is 263 g/mol. The van der Waals surface area contributed by atoms with Gasteiger partial charge in [-0.2, -0.15) is 9.65 Å². The van der Waals surface area contributed by atoms with E-state index < -0.39 is 17.5 Å². The fourth-order valence-corrected chi connectivity index (χ4v) is 1.50. The van der Waals surface area contributed by atoms with Gasteiger partial charge in [0.05, 0.1) is 5.56 Å². The van der Waals surface area contributed by atoms with Gasteiger partial charge in [0.2, 0.25) is 5.82 Å². The molecule has 0 saturated carbocycles. The van der Waals surface area contributed by atoms with E-state index in [0.29, 0.717) is 5.56 Å². The first-order valence-electron chi connectivity index (χ1n) is 5.37. The van der Waals surface area contributed by atoms with Crippen molar-refractivity contribution in [3.05, 3.63) is 65.0 Å². The molecule has 2 rings (SSSR count). The lowest BCUT2D eigenvalue weighted by atomic mass is 10.1. The second-order valence-electron chi connectivity index (χ2n) is 3.77. The maximum Gasteiger partial charge on any atom is 0.200 e. The first-order chi connectivity index (χ1) is 9.11. The van der Waals surface area contributed by atoms with Crippen LogP contribution in [-0.4, -0.2) is 0 Å². The van der Waals surface area contributed by atoms with E-state index in [1.165, 1.54) is 24.3 Å². The molecule has 0 heterocycles. The molecule has 0 fully saturated rings. The van der Waals surface area contributed by atoms with Crippen LogP contribution >= 0.6 is 0 Å². The van der Waals surface area contributed by atoms with Gasteiger partial charge in [-0.25, -0.2) is 8.78 Å². The van der Waals surface area contributed by atoms with Gasteiger partial charge in [-0.1, -0.05) is 12.1 Å². The molecule has 0 aliphatic rings. The van der Waals surface area contributed by atoms with E-state index in [2.05, 4.69) is 0 Å². The van der Waals surface area contributed by atoms with E-state index >= 15 is 0 Å². The molecular formula is C14H8F3NO. The van der Waals surface area contributed by atoms with Gasteiger partial charge in [0.15, 0.2) is 11.6 Å². The Bertz CT molecular complexity index is 650. The van der Waals surface area contributed by atoms with Crippen molar-refractivity contribution in [2.45, 2.75) is 6.61 Å². The van der Waals surface area contributed by atoms with Gasteiger partial charge in [-0.05, 0) is 29.8 Å². The van der Waals surface area contributed by atoms with E-state index in [1.54, 1.807) is 6.07 Å². The highest BCUT2D eigenvalue weighted by Gasteiger charge is 2.09. The fraction of sp³-hybridized carbons (Fsp3) is 0.0714. The van der Waals surface area contributed by atoms with Crippen LogP contribution in [0.3, 0.4) is 0 Å². The quantitative estimate of drug-likeness (QED) is 0.848. The lowest BCUT2D eigenvalue weighted by molar-refractivity contribution is 0.284. The Balaban J connectivity index is 2.15. The minimum absolute atomic E-state index is 0.0880. The van der Waals surface area contributed by atoms with Crippen LogP contribution in [0.4, 0.5) is 13.2 Å². The number of benzene rings is 2. The molecule has 0 saturated heterocycles. The van der Waals surface area contributed by atoms with Gasteiger partial charge < -0.3 is 4.74 Å². The number of nitrogens with zero attached hydrogens (tertiary/aromatic N) is 1. The van der Waals surface area contributed by atoms with Crippen molar-refractivity contribution in [2.75, 3.05) is 0 Å². The summed E-state index contributed by atoms with van der Waals surface area (Å²) in [4.78, 5) is 0. The van der Waals surface area contributed by atoms with Crippen molar-refractivity contribution >= 4 is 0 Å². The highest BCUT2D eigenvalue weighted by Crippen LogP contribution is 2.20. The van der Waals surface area contributed by atoms with E-state index in [-0.39, 0.29) is 17.9 Å². The second kappa shape index (κ2) is 5.44. The van der Waals surface area contributed by atoms with Gasteiger partial charge in [0.1, 0.15) is 18.5 Å². The molecule has 0 bridgehead atoms. The maximum absolute atomic E-state index is 13.3. The van der Waals surface area contributed by atoms with Gasteiger partial charge >= 0.3 is 0 Å². The summed E-state index contributed by atoms with van der Waals surface area (Å²) in [6, 6.07) is 9.11. The third kappa shape index (κ3) is 2.86. The number of halogens is 3. The van der Waals surface area contributed by atoms with Gasteiger partial charge in [0, 0.05) is 0 Å². The number of hydrogen-bond donors (Lipinski definition) is 0. The number of rotatable bonds is 3. The Hall–Kier alpha value is -2.48. The lowest BCUT2D eigenvalue weighted by Crippen LogP contribution is -1.99. The molecule has 2 nitrogen and oxygen atoms in total. The average molecular weight is 263 g/mol. The minimum atomic E-state index is -1.08. The maximum atomic E-state index is 13.3. The van der Waals surface area contributed by atoms with Crippen LogP contribution in [0.15, 0.2) is 36.4 Å². The third-order valence-electron chi connectivity index (χ3n) is 2.46. The molecule has 19 heavy (non-hydrogen) atoms. The molecule has 0 unspecified atom stereocenters. The zero-order chi connectivity index (χ0) is 13.8. The molecule has 0 aromatic heterocycles. The molecule has 0 amide bonds. The van der Waals surface area contributed by atoms with Gasteiger partial charge in [-0.15, -0.1) is 0 Å². The summed E-state index contributed by atoms with van der Waals surface area (Å²) >= 11 is 0. The van der Waals surface area contributed by atoms with Gasteiger partial charge in [-0.3, -0.25) is 0 Å². The van der Waals surface area contributed by atoms with E-state index in [9.17, 15) is 13.2 Å². The summed E-state index contributed by atoms with van der Waals surface area (Å²) in [6.45, 7) is -0.0880. The Labute approximate surface area is 107 Å². The summed E-state index contributed by atoms with van der Waals surface area (Å²) in [5.74, 6) is -2.95. The molecule has 0 atom stereocenters. The van der Waals surface area contributed by atoms with E-state index in [0.717, 1.165) is 12.1 Å². The Morgan fingerprint density at radius 2 is 1.84 bits per heavy atom. The van der Waals surface area contributed by atoms with Crippen molar-refractivity contribution < 1.29 is 17.9 Å². The predicted molar refractivity (Wildman–Crippen MR) is 61.8 cm³/mol. The smallest absolute Gasteiger partial charge is 0.200 e.